The van der Waals surface area contributed by atoms with Gasteiger partial charge in [0.05, 0.1) is 0 Å². The van der Waals surface area contributed by atoms with E-state index in [1.54, 1.807) is 7.05 Å². The van der Waals surface area contributed by atoms with Crippen molar-refractivity contribution in [2.45, 2.75) is 64.5 Å². The molecule has 1 fully saturated rings. The molecule has 3 N–H and O–H groups in total. The first-order valence-electron chi connectivity index (χ1n) is 9.07. The van der Waals surface area contributed by atoms with Gasteiger partial charge in [0.1, 0.15) is 0 Å². The summed E-state index contributed by atoms with van der Waals surface area (Å²) in [6.07, 6.45) is 7.80. The standard InChI is InChI=1S/C19H30N4O/c1-3-8-18(24)22-17-12-7-9-15(13-17)14-21-19(20-2)23-16-10-5-4-6-11-16/h7,9,12-13,16H,3-6,8,10-11,14H2,1-2H3,(H,22,24)(H2,20,21,23). The van der Waals surface area contributed by atoms with E-state index in [1.807, 2.05) is 25.1 Å². The minimum absolute atomic E-state index is 0.0670. The van der Waals surface area contributed by atoms with Gasteiger partial charge in [-0.2, -0.15) is 0 Å². The van der Waals surface area contributed by atoms with Crippen LogP contribution >= 0.6 is 0 Å². The smallest absolute Gasteiger partial charge is 0.224 e. The fourth-order valence-electron chi connectivity index (χ4n) is 3.03. The van der Waals surface area contributed by atoms with Crippen molar-refractivity contribution in [3.63, 3.8) is 0 Å². The molecule has 1 aromatic rings. The lowest BCUT2D eigenvalue weighted by molar-refractivity contribution is -0.116. The molecule has 5 nitrogen and oxygen atoms in total. The Morgan fingerprint density at radius 1 is 1.25 bits per heavy atom. The zero-order valence-electron chi connectivity index (χ0n) is 14.9. The van der Waals surface area contributed by atoms with Crippen molar-refractivity contribution >= 4 is 17.6 Å². The van der Waals surface area contributed by atoms with Crippen molar-refractivity contribution < 1.29 is 4.79 Å². The van der Waals surface area contributed by atoms with Crippen LogP contribution in [0.3, 0.4) is 0 Å². The molecule has 0 spiro atoms. The minimum Gasteiger partial charge on any atom is -0.354 e. The third kappa shape index (κ3) is 6.22. The van der Waals surface area contributed by atoms with E-state index in [0.717, 1.165) is 23.6 Å². The van der Waals surface area contributed by atoms with Crippen molar-refractivity contribution in [1.82, 2.24) is 10.6 Å². The lowest BCUT2D eigenvalue weighted by Gasteiger charge is -2.25. The summed E-state index contributed by atoms with van der Waals surface area (Å²) in [5.74, 6) is 0.916. The molecule has 2 rings (SSSR count). The maximum absolute atomic E-state index is 11.7. The Morgan fingerprint density at radius 2 is 2.04 bits per heavy atom. The molecule has 132 valence electrons. The van der Waals surface area contributed by atoms with Crippen LogP contribution in [0.2, 0.25) is 0 Å². The van der Waals surface area contributed by atoms with Gasteiger partial charge in [0, 0.05) is 31.7 Å². The summed E-state index contributed by atoms with van der Waals surface area (Å²) < 4.78 is 0. The Morgan fingerprint density at radius 3 is 2.75 bits per heavy atom. The van der Waals surface area contributed by atoms with E-state index in [2.05, 4.69) is 27.0 Å². The van der Waals surface area contributed by atoms with Crippen molar-refractivity contribution in [2.24, 2.45) is 4.99 Å². The second-order valence-corrected chi connectivity index (χ2v) is 6.40. The zero-order valence-corrected chi connectivity index (χ0v) is 14.9. The molecule has 0 heterocycles. The molecule has 1 amide bonds. The molecular weight excluding hydrogens is 300 g/mol. The number of anilines is 1. The van der Waals surface area contributed by atoms with Crippen LogP contribution in [0.15, 0.2) is 29.3 Å². The van der Waals surface area contributed by atoms with Crippen molar-refractivity contribution in [3.05, 3.63) is 29.8 Å². The fraction of sp³-hybridized carbons (Fsp3) is 0.579. The molecule has 5 heteroatoms. The average Bonchev–Trinajstić information content (AvgIpc) is 2.60. The maximum Gasteiger partial charge on any atom is 0.224 e. The van der Waals surface area contributed by atoms with Crippen LogP contribution in [-0.4, -0.2) is 25.0 Å². The summed E-state index contributed by atoms with van der Waals surface area (Å²) >= 11 is 0. The highest BCUT2D eigenvalue weighted by Crippen LogP contribution is 2.17. The van der Waals surface area contributed by atoms with Crippen molar-refractivity contribution in [1.29, 1.82) is 0 Å². The topological polar surface area (TPSA) is 65.5 Å². The van der Waals surface area contributed by atoms with Gasteiger partial charge in [-0.05, 0) is 37.0 Å². The van der Waals surface area contributed by atoms with Gasteiger partial charge in [-0.1, -0.05) is 38.3 Å². The predicted octanol–water partition coefficient (Wildman–Crippen LogP) is 3.42. The number of rotatable bonds is 6. The van der Waals surface area contributed by atoms with E-state index in [0.29, 0.717) is 19.0 Å². The normalized spacial score (nSPS) is 15.8. The van der Waals surface area contributed by atoms with E-state index >= 15 is 0 Å². The number of nitrogens with one attached hydrogen (secondary N) is 3. The molecule has 1 aliphatic carbocycles. The second kappa shape index (κ2) is 9.96. The van der Waals surface area contributed by atoms with E-state index in [-0.39, 0.29) is 5.91 Å². The van der Waals surface area contributed by atoms with Crippen LogP contribution in [0.4, 0.5) is 5.69 Å². The number of amides is 1. The first kappa shape index (κ1) is 18.3. The number of guanidine groups is 1. The molecule has 0 unspecified atom stereocenters. The number of hydrogen-bond donors (Lipinski definition) is 3. The predicted molar refractivity (Wildman–Crippen MR) is 100 cm³/mol. The van der Waals surface area contributed by atoms with Crippen LogP contribution in [-0.2, 0) is 11.3 Å². The van der Waals surface area contributed by atoms with E-state index in [9.17, 15) is 4.79 Å². The lowest BCUT2D eigenvalue weighted by Crippen LogP contribution is -2.43. The molecule has 0 aromatic heterocycles. The average molecular weight is 330 g/mol. The van der Waals surface area contributed by atoms with Crippen LogP contribution in [0.1, 0.15) is 57.4 Å². The number of carbonyl (C=O) groups is 1. The van der Waals surface area contributed by atoms with E-state index < -0.39 is 0 Å². The number of nitrogens with zero attached hydrogens (tertiary/aromatic N) is 1. The SMILES string of the molecule is CCCC(=O)Nc1cccc(CNC(=NC)NC2CCCCC2)c1. The molecular formula is C19H30N4O. The van der Waals surface area contributed by atoms with E-state index in [4.69, 9.17) is 0 Å². The fourth-order valence-corrected chi connectivity index (χ4v) is 3.03. The van der Waals surface area contributed by atoms with Gasteiger partial charge in [-0.3, -0.25) is 9.79 Å². The summed E-state index contributed by atoms with van der Waals surface area (Å²) in [7, 11) is 1.81. The van der Waals surface area contributed by atoms with Gasteiger partial charge in [0.2, 0.25) is 5.91 Å². The van der Waals surface area contributed by atoms with Crippen LogP contribution in [0, 0.1) is 0 Å². The Hall–Kier alpha value is -2.04. The number of carbonyl (C=O) groups excluding carboxylic acids is 1. The maximum atomic E-state index is 11.7. The first-order valence-corrected chi connectivity index (χ1v) is 9.07. The van der Waals surface area contributed by atoms with Gasteiger partial charge in [-0.25, -0.2) is 0 Å². The Kier molecular flexibility index (Phi) is 7.59. The minimum atomic E-state index is 0.0670. The Labute approximate surface area is 145 Å². The van der Waals surface area contributed by atoms with Crippen molar-refractivity contribution in [3.8, 4) is 0 Å². The third-order valence-corrected chi connectivity index (χ3v) is 4.32. The summed E-state index contributed by atoms with van der Waals surface area (Å²) in [4.78, 5) is 16.0. The Bertz CT molecular complexity index is 550. The molecule has 1 saturated carbocycles. The van der Waals surface area contributed by atoms with Gasteiger partial charge in [0.15, 0.2) is 5.96 Å². The van der Waals surface area contributed by atoms with Gasteiger partial charge in [0.25, 0.3) is 0 Å². The van der Waals surface area contributed by atoms with Gasteiger partial charge >= 0.3 is 0 Å². The highest BCUT2D eigenvalue weighted by molar-refractivity contribution is 5.90. The molecule has 1 aromatic carbocycles. The van der Waals surface area contributed by atoms with Gasteiger partial charge < -0.3 is 16.0 Å². The summed E-state index contributed by atoms with van der Waals surface area (Å²) in [6.45, 7) is 2.69. The molecule has 1 aliphatic rings. The molecule has 0 atom stereocenters. The summed E-state index contributed by atoms with van der Waals surface area (Å²) in [6, 6.07) is 8.48. The Balaban J connectivity index is 1.84. The van der Waals surface area contributed by atoms with E-state index in [1.165, 1.54) is 32.1 Å². The van der Waals surface area contributed by atoms with Crippen LogP contribution in [0.5, 0.6) is 0 Å². The number of aliphatic imine (C=N–C) groups is 1. The lowest BCUT2D eigenvalue weighted by atomic mass is 9.96. The van der Waals surface area contributed by atoms with Crippen LogP contribution < -0.4 is 16.0 Å². The summed E-state index contributed by atoms with van der Waals surface area (Å²) in [5, 5.41) is 9.81. The highest BCUT2D eigenvalue weighted by atomic mass is 16.1. The zero-order chi connectivity index (χ0) is 17.2. The second-order valence-electron chi connectivity index (χ2n) is 6.40. The molecule has 24 heavy (non-hydrogen) atoms. The monoisotopic (exact) mass is 330 g/mol. The number of benzene rings is 1. The quantitative estimate of drug-likeness (QED) is 0.553. The molecule has 0 bridgehead atoms. The molecule has 0 saturated heterocycles. The molecule has 0 radical (unpaired) electrons. The van der Waals surface area contributed by atoms with Crippen LogP contribution in [0.25, 0.3) is 0 Å². The first-order chi connectivity index (χ1) is 11.7. The third-order valence-electron chi connectivity index (χ3n) is 4.32. The van der Waals surface area contributed by atoms with Gasteiger partial charge in [-0.15, -0.1) is 0 Å². The highest BCUT2D eigenvalue weighted by Gasteiger charge is 2.14. The summed E-state index contributed by atoms with van der Waals surface area (Å²) in [5.41, 5.74) is 1.97. The number of hydrogen-bond acceptors (Lipinski definition) is 2. The van der Waals surface area contributed by atoms with Crippen molar-refractivity contribution in [2.75, 3.05) is 12.4 Å². The molecule has 0 aliphatic heterocycles. The largest absolute Gasteiger partial charge is 0.354 e.